The minimum absolute atomic E-state index is 0.395. The van der Waals surface area contributed by atoms with E-state index in [9.17, 15) is 24.3 Å². The molecule has 0 saturated carbocycles. The van der Waals surface area contributed by atoms with Crippen LogP contribution in [0.5, 0.6) is 0 Å². The summed E-state index contributed by atoms with van der Waals surface area (Å²) < 4.78 is -0.787. The number of fused-ring (bicyclic) bond motifs is 1. The number of carbonyl (C=O) groups is 4. The highest BCUT2D eigenvalue weighted by Gasteiger charge is 2.74. The SMILES string of the molecule is CC(=O)[C@]1(NC(=O)c2cc(C)c(C)cc2C)C(=O)N2[C@@H](C(=O)O)C(C)(C)S[C@@H]21. The van der Waals surface area contributed by atoms with Crippen molar-refractivity contribution in [3.05, 3.63) is 34.4 Å². The van der Waals surface area contributed by atoms with E-state index in [2.05, 4.69) is 5.32 Å². The molecule has 0 bridgehead atoms. The van der Waals surface area contributed by atoms with E-state index in [1.807, 2.05) is 19.9 Å². The Kier molecular flexibility index (Phi) is 4.61. The van der Waals surface area contributed by atoms with Gasteiger partial charge in [-0.3, -0.25) is 14.4 Å². The number of amides is 2. The fourth-order valence-electron chi connectivity index (χ4n) is 4.04. The van der Waals surface area contributed by atoms with Crippen LogP contribution in [0.2, 0.25) is 0 Å². The van der Waals surface area contributed by atoms with Crippen LogP contribution >= 0.6 is 11.8 Å². The summed E-state index contributed by atoms with van der Waals surface area (Å²) in [5.74, 6) is -2.80. The lowest BCUT2D eigenvalue weighted by Crippen LogP contribution is -2.82. The molecule has 7 nitrogen and oxygen atoms in total. The van der Waals surface area contributed by atoms with E-state index in [-0.39, 0.29) is 0 Å². The Labute approximate surface area is 167 Å². The van der Waals surface area contributed by atoms with Gasteiger partial charge in [0, 0.05) is 10.3 Å². The van der Waals surface area contributed by atoms with Gasteiger partial charge in [-0.1, -0.05) is 6.07 Å². The van der Waals surface area contributed by atoms with E-state index in [0.717, 1.165) is 16.7 Å². The molecule has 2 saturated heterocycles. The van der Waals surface area contributed by atoms with Crippen molar-refractivity contribution in [2.45, 2.75) is 63.2 Å². The van der Waals surface area contributed by atoms with E-state index in [1.54, 1.807) is 26.8 Å². The van der Waals surface area contributed by atoms with E-state index in [0.29, 0.717) is 5.56 Å². The predicted molar refractivity (Wildman–Crippen MR) is 105 cm³/mol. The molecule has 2 aliphatic rings. The Bertz CT molecular complexity index is 925. The zero-order chi connectivity index (χ0) is 21.2. The normalized spacial score (nSPS) is 27.8. The Morgan fingerprint density at radius 2 is 1.68 bits per heavy atom. The highest BCUT2D eigenvalue weighted by Crippen LogP contribution is 2.55. The summed E-state index contributed by atoms with van der Waals surface area (Å²) in [7, 11) is 0. The van der Waals surface area contributed by atoms with Crippen LogP contribution in [0.4, 0.5) is 0 Å². The Morgan fingerprint density at radius 1 is 1.11 bits per heavy atom. The topological polar surface area (TPSA) is 104 Å². The molecule has 2 N–H and O–H groups in total. The molecule has 0 aliphatic carbocycles. The predicted octanol–water partition coefficient (Wildman–Crippen LogP) is 1.82. The first kappa shape index (κ1) is 20.4. The van der Waals surface area contributed by atoms with Gasteiger partial charge in [0.05, 0.1) is 0 Å². The smallest absolute Gasteiger partial charge is 0.327 e. The number of benzene rings is 1. The van der Waals surface area contributed by atoms with E-state index >= 15 is 0 Å². The van der Waals surface area contributed by atoms with Gasteiger partial charge in [-0.05, 0) is 64.3 Å². The number of ketones is 1. The lowest BCUT2D eigenvalue weighted by Gasteiger charge is -2.51. The molecule has 0 unspecified atom stereocenters. The molecule has 0 aromatic heterocycles. The van der Waals surface area contributed by atoms with Gasteiger partial charge in [-0.2, -0.15) is 0 Å². The van der Waals surface area contributed by atoms with Crippen LogP contribution in [0.15, 0.2) is 12.1 Å². The minimum atomic E-state index is -1.74. The number of nitrogens with zero attached hydrogens (tertiary/aromatic N) is 1. The zero-order valence-electron chi connectivity index (χ0n) is 16.7. The van der Waals surface area contributed by atoms with Gasteiger partial charge in [0.1, 0.15) is 11.4 Å². The van der Waals surface area contributed by atoms with Crippen LogP contribution in [-0.4, -0.2) is 55.3 Å². The van der Waals surface area contributed by atoms with Gasteiger partial charge < -0.3 is 15.3 Å². The molecule has 1 aromatic carbocycles. The first-order chi connectivity index (χ1) is 12.8. The van der Waals surface area contributed by atoms with Gasteiger partial charge in [-0.15, -0.1) is 11.8 Å². The maximum absolute atomic E-state index is 13.0. The molecule has 2 fully saturated rings. The Hall–Kier alpha value is -2.35. The van der Waals surface area contributed by atoms with Crippen LogP contribution in [0.3, 0.4) is 0 Å². The number of carboxylic acids is 1. The Balaban J connectivity index is 1.99. The maximum atomic E-state index is 13.0. The van der Waals surface area contributed by atoms with Crippen LogP contribution in [0, 0.1) is 20.8 Å². The average molecular weight is 404 g/mol. The average Bonchev–Trinajstić information content (AvgIpc) is 2.84. The molecule has 2 heterocycles. The van der Waals surface area contributed by atoms with Crippen LogP contribution < -0.4 is 5.32 Å². The molecule has 3 rings (SSSR count). The molecule has 2 aliphatic heterocycles. The molecule has 2 amide bonds. The lowest BCUT2D eigenvalue weighted by molar-refractivity contribution is -0.170. The number of hydrogen-bond donors (Lipinski definition) is 2. The molecule has 0 radical (unpaired) electrons. The van der Waals surface area contributed by atoms with Crippen molar-refractivity contribution in [3.8, 4) is 0 Å². The number of nitrogens with one attached hydrogen (secondary N) is 1. The van der Waals surface area contributed by atoms with Gasteiger partial charge >= 0.3 is 5.97 Å². The van der Waals surface area contributed by atoms with Crippen molar-refractivity contribution < 1.29 is 24.3 Å². The molecule has 150 valence electrons. The highest BCUT2D eigenvalue weighted by molar-refractivity contribution is 8.01. The first-order valence-electron chi connectivity index (χ1n) is 8.99. The number of Topliss-reactive ketones (excluding diaryl/α,β-unsaturated/α-hetero) is 1. The second-order valence-electron chi connectivity index (χ2n) is 8.10. The molecular weight excluding hydrogens is 380 g/mol. The third-order valence-corrected chi connectivity index (χ3v) is 7.37. The van der Waals surface area contributed by atoms with Gasteiger partial charge in [0.25, 0.3) is 11.8 Å². The summed E-state index contributed by atoms with van der Waals surface area (Å²) in [6.45, 7) is 10.3. The molecule has 3 atom stereocenters. The molecule has 28 heavy (non-hydrogen) atoms. The number of aliphatic carboxylic acids is 1. The maximum Gasteiger partial charge on any atom is 0.327 e. The monoisotopic (exact) mass is 404 g/mol. The quantitative estimate of drug-likeness (QED) is 0.586. The fourth-order valence-corrected chi connectivity index (χ4v) is 5.79. The zero-order valence-corrected chi connectivity index (χ0v) is 17.6. The second kappa shape index (κ2) is 6.34. The summed E-state index contributed by atoms with van der Waals surface area (Å²) in [5.41, 5.74) is 1.36. The van der Waals surface area contributed by atoms with Crippen molar-refractivity contribution in [3.63, 3.8) is 0 Å². The van der Waals surface area contributed by atoms with Crippen LogP contribution in [0.1, 0.15) is 47.8 Å². The third-order valence-electron chi connectivity index (χ3n) is 5.73. The van der Waals surface area contributed by atoms with Gasteiger partial charge in [-0.25, -0.2) is 4.79 Å². The molecule has 1 aromatic rings. The fraction of sp³-hybridized carbons (Fsp3) is 0.500. The summed E-state index contributed by atoms with van der Waals surface area (Å²) in [6, 6.07) is 2.57. The van der Waals surface area contributed by atoms with Gasteiger partial charge in [0.2, 0.25) is 5.54 Å². The number of β-lactam (4-membered cyclic amide) rings is 1. The first-order valence-corrected chi connectivity index (χ1v) is 9.87. The minimum Gasteiger partial charge on any atom is -0.480 e. The van der Waals surface area contributed by atoms with Crippen molar-refractivity contribution in [1.29, 1.82) is 0 Å². The summed E-state index contributed by atoms with van der Waals surface area (Å²) >= 11 is 1.23. The van der Waals surface area contributed by atoms with Gasteiger partial charge in [0.15, 0.2) is 5.78 Å². The molecule has 0 spiro atoms. The lowest BCUT2D eigenvalue weighted by atomic mass is 9.81. The number of hydrogen-bond acceptors (Lipinski definition) is 5. The number of rotatable bonds is 4. The van der Waals surface area contributed by atoms with Crippen LogP contribution in [0.25, 0.3) is 0 Å². The van der Waals surface area contributed by atoms with Crippen molar-refractivity contribution in [2.24, 2.45) is 0 Å². The summed E-state index contributed by atoms with van der Waals surface area (Å²) in [5, 5.41) is 11.5. The molecule has 8 heteroatoms. The van der Waals surface area contributed by atoms with Crippen molar-refractivity contribution in [2.75, 3.05) is 0 Å². The summed E-state index contributed by atoms with van der Waals surface area (Å²) in [4.78, 5) is 51.4. The van der Waals surface area contributed by atoms with E-state index in [1.165, 1.54) is 23.6 Å². The van der Waals surface area contributed by atoms with E-state index < -0.39 is 45.3 Å². The van der Waals surface area contributed by atoms with Crippen LogP contribution in [-0.2, 0) is 14.4 Å². The number of thioether (sulfide) groups is 1. The van der Waals surface area contributed by atoms with Crippen molar-refractivity contribution >= 4 is 35.3 Å². The largest absolute Gasteiger partial charge is 0.480 e. The highest BCUT2D eigenvalue weighted by atomic mass is 32.2. The standard InChI is InChI=1S/C20H24N2O5S/c1-9-7-11(3)13(8-10(9)2)15(24)21-20(12(4)23)17(27)22-14(16(25)26)19(5,6)28-18(20)22/h7-8,14,18H,1-6H3,(H,21,24)(H,25,26)/t14-,18+,20-/m0/s1. The number of carbonyl (C=O) groups excluding carboxylic acids is 3. The van der Waals surface area contributed by atoms with Crippen molar-refractivity contribution in [1.82, 2.24) is 10.2 Å². The molecular formula is C20H24N2O5S. The number of carboxylic acid groups (broad SMARTS) is 1. The summed E-state index contributed by atoms with van der Waals surface area (Å²) in [6.07, 6.45) is 0. The Morgan fingerprint density at radius 3 is 2.21 bits per heavy atom. The third kappa shape index (κ3) is 2.65. The number of aryl methyl sites for hydroxylation is 3. The second-order valence-corrected chi connectivity index (χ2v) is 9.83. The van der Waals surface area contributed by atoms with E-state index in [4.69, 9.17) is 0 Å².